The number of hydrogen-bond acceptors (Lipinski definition) is 4. The molecular formula is C13H20ClNO3. The third kappa shape index (κ3) is 3.07. The summed E-state index contributed by atoms with van der Waals surface area (Å²) in [6.45, 7) is 1.66. The van der Waals surface area contributed by atoms with Crippen molar-refractivity contribution in [3.05, 3.63) is 23.8 Å². The van der Waals surface area contributed by atoms with Gasteiger partial charge in [-0.05, 0) is 43.6 Å². The molecule has 5 heteroatoms. The van der Waals surface area contributed by atoms with Gasteiger partial charge in [0.2, 0.25) is 0 Å². The number of hydrogen-bond donors (Lipinski definition) is 2. The van der Waals surface area contributed by atoms with Gasteiger partial charge in [0.25, 0.3) is 0 Å². The first kappa shape index (κ1) is 15.1. The summed E-state index contributed by atoms with van der Waals surface area (Å²) < 4.78 is 10.5. The Balaban J connectivity index is 0.00000162. The molecule has 0 bridgehead atoms. The molecule has 0 amide bonds. The van der Waals surface area contributed by atoms with E-state index in [4.69, 9.17) is 9.47 Å². The zero-order chi connectivity index (χ0) is 12.3. The molecule has 102 valence electrons. The van der Waals surface area contributed by atoms with Gasteiger partial charge in [-0.1, -0.05) is 0 Å². The average molecular weight is 274 g/mol. The fraction of sp³-hybridized carbons (Fsp3) is 0.538. The zero-order valence-corrected chi connectivity index (χ0v) is 11.5. The molecule has 0 aliphatic carbocycles. The third-order valence-corrected chi connectivity index (χ3v) is 3.32. The average Bonchev–Trinajstić information content (AvgIpc) is 2.39. The molecule has 0 radical (unpaired) electrons. The van der Waals surface area contributed by atoms with E-state index in [-0.39, 0.29) is 12.4 Å². The minimum absolute atomic E-state index is 0. The summed E-state index contributed by atoms with van der Waals surface area (Å²) in [4.78, 5) is 0. The normalized spacial score (nSPS) is 17.7. The van der Waals surface area contributed by atoms with Crippen LogP contribution in [0.1, 0.15) is 18.4 Å². The van der Waals surface area contributed by atoms with Crippen molar-refractivity contribution in [3.63, 3.8) is 0 Å². The maximum Gasteiger partial charge on any atom is 0.122 e. The molecule has 18 heavy (non-hydrogen) atoms. The number of piperidine rings is 1. The molecule has 4 nitrogen and oxygen atoms in total. The summed E-state index contributed by atoms with van der Waals surface area (Å²) in [5.41, 5.74) is 0.0998. The fourth-order valence-electron chi connectivity index (χ4n) is 2.21. The molecule has 0 saturated carbocycles. The van der Waals surface area contributed by atoms with E-state index in [0.717, 1.165) is 18.7 Å². The van der Waals surface area contributed by atoms with E-state index in [9.17, 15) is 5.11 Å². The highest BCUT2D eigenvalue weighted by molar-refractivity contribution is 5.85. The van der Waals surface area contributed by atoms with Crippen LogP contribution in [0, 0.1) is 0 Å². The van der Waals surface area contributed by atoms with Crippen LogP contribution >= 0.6 is 12.4 Å². The minimum atomic E-state index is -0.771. The molecule has 1 saturated heterocycles. The van der Waals surface area contributed by atoms with Crippen LogP contribution in [0.25, 0.3) is 0 Å². The van der Waals surface area contributed by atoms with Gasteiger partial charge in [-0.25, -0.2) is 0 Å². The van der Waals surface area contributed by atoms with Gasteiger partial charge in [0.1, 0.15) is 11.5 Å². The van der Waals surface area contributed by atoms with Crippen LogP contribution in [0.5, 0.6) is 11.5 Å². The lowest BCUT2D eigenvalue weighted by Crippen LogP contribution is -2.39. The van der Waals surface area contributed by atoms with Gasteiger partial charge in [0.15, 0.2) is 0 Å². The van der Waals surface area contributed by atoms with E-state index in [1.54, 1.807) is 14.2 Å². The molecule has 1 heterocycles. The Morgan fingerprint density at radius 3 is 2.00 bits per heavy atom. The SMILES string of the molecule is COc1cc(OC)cc(C2(O)CCNCC2)c1.Cl. The number of ether oxygens (including phenoxy) is 2. The number of aliphatic hydroxyl groups is 1. The molecular weight excluding hydrogens is 254 g/mol. The summed E-state index contributed by atoms with van der Waals surface area (Å²) >= 11 is 0. The summed E-state index contributed by atoms with van der Waals surface area (Å²) in [5.74, 6) is 1.43. The van der Waals surface area contributed by atoms with Crippen molar-refractivity contribution in [2.75, 3.05) is 27.3 Å². The van der Waals surface area contributed by atoms with Crippen molar-refractivity contribution >= 4 is 12.4 Å². The van der Waals surface area contributed by atoms with Crippen LogP contribution in [-0.4, -0.2) is 32.4 Å². The van der Waals surface area contributed by atoms with Gasteiger partial charge in [0.05, 0.1) is 19.8 Å². The first-order valence-electron chi connectivity index (χ1n) is 5.84. The predicted molar refractivity (Wildman–Crippen MR) is 72.8 cm³/mol. The molecule has 1 aromatic rings. The molecule has 1 aliphatic rings. The van der Waals surface area contributed by atoms with E-state index in [2.05, 4.69) is 5.32 Å². The van der Waals surface area contributed by atoms with E-state index in [0.29, 0.717) is 24.3 Å². The standard InChI is InChI=1S/C13H19NO3.ClH/c1-16-11-7-10(8-12(9-11)17-2)13(15)3-5-14-6-4-13;/h7-9,14-15H,3-6H2,1-2H3;1H. The van der Waals surface area contributed by atoms with Gasteiger partial charge in [0, 0.05) is 6.07 Å². The number of methoxy groups -OCH3 is 2. The van der Waals surface area contributed by atoms with Gasteiger partial charge in [-0.3, -0.25) is 0 Å². The molecule has 2 N–H and O–H groups in total. The Morgan fingerprint density at radius 1 is 1.06 bits per heavy atom. The monoisotopic (exact) mass is 273 g/mol. The molecule has 0 unspecified atom stereocenters. The molecule has 0 atom stereocenters. The summed E-state index contributed by atoms with van der Waals surface area (Å²) in [6, 6.07) is 5.58. The second-order valence-electron chi connectivity index (χ2n) is 4.38. The van der Waals surface area contributed by atoms with Crippen LogP contribution < -0.4 is 14.8 Å². The van der Waals surface area contributed by atoms with Gasteiger partial charge >= 0.3 is 0 Å². The van der Waals surface area contributed by atoms with E-state index >= 15 is 0 Å². The number of nitrogens with one attached hydrogen (secondary N) is 1. The molecule has 1 aliphatic heterocycles. The number of benzene rings is 1. The first-order chi connectivity index (χ1) is 8.18. The van der Waals surface area contributed by atoms with E-state index < -0.39 is 5.60 Å². The van der Waals surface area contributed by atoms with Crippen molar-refractivity contribution < 1.29 is 14.6 Å². The minimum Gasteiger partial charge on any atom is -0.497 e. The van der Waals surface area contributed by atoms with Crippen molar-refractivity contribution in [1.82, 2.24) is 5.32 Å². The Morgan fingerprint density at radius 2 is 1.56 bits per heavy atom. The quantitative estimate of drug-likeness (QED) is 0.880. The second-order valence-corrected chi connectivity index (χ2v) is 4.38. The van der Waals surface area contributed by atoms with Crippen molar-refractivity contribution in [2.45, 2.75) is 18.4 Å². The third-order valence-electron chi connectivity index (χ3n) is 3.32. The fourth-order valence-corrected chi connectivity index (χ4v) is 2.21. The Hall–Kier alpha value is -0.970. The first-order valence-corrected chi connectivity index (χ1v) is 5.84. The molecule has 2 rings (SSSR count). The van der Waals surface area contributed by atoms with Crippen LogP contribution in [-0.2, 0) is 5.60 Å². The van der Waals surface area contributed by atoms with Crippen LogP contribution in [0.2, 0.25) is 0 Å². The van der Waals surface area contributed by atoms with E-state index in [1.807, 2.05) is 18.2 Å². The maximum absolute atomic E-state index is 10.6. The smallest absolute Gasteiger partial charge is 0.122 e. The van der Waals surface area contributed by atoms with Gasteiger partial charge < -0.3 is 19.9 Å². The lowest BCUT2D eigenvalue weighted by molar-refractivity contribution is 0.00559. The molecule has 0 spiro atoms. The highest BCUT2D eigenvalue weighted by Crippen LogP contribution is 2.35. The van der Waals surface area contributed by atoms with Crippen molar-refractivity contribution in [2.24, 2.45) is 0 Å². The van der Waals surface area contributed by atoms with E-state index in [1.165, 1.54) is 0 Å². The van der Waals surface area contributed by atoms with Crippen molar-refractivity contribution in [1.29, 1.82) is 0 Å². The number of halogens is 1. The Labute approximate surface area is 114 Å². The topological polar surface area (TPSA) is 50.7 Å². The lowest BCUT2D eigenvalue weighted by atomic mass is 9.85. The molecule has 1 aromatic carbocycles. The Bertz CT molecular complexity index is 370. The Kier molecular flexibility index (Phi) is 5.26. The molecule has 1 fully saturated rings. The largest absolute Gasteiger partial charge is 0.497 e. The van der Waals surface area contributed by atoms with Gasteiger partial charge in [-0.15, -0.1) is 12.4 Å². The molecule has 0 aromatic heterocycles. The predicted octanol–water partition coefficient (Wildman–Crippen LogP) is 1.70. The number of rotatable bonds is 3. The van der Waals surface area contributed by atoms with Gasteiger partial charge in [-0.2, -0.15) is 0 Å². The van der Waals surface area contributed by atoms with Crippen LogP contribution in [0.3, 0.4) is 0 Å². The summed E-state index contributed by atoms with van der Waals surface area (Å²) in [5, 5.41) is 13.9. The second kappa shape index (κ2) is 6.27. The highest BCUT2D eigenvalue weighted by Gasteiger charge is 2.31. The zero-order valence-electron chi connectivity index (χ0n) is 10.7. The summed E-state index contributed by atoms with van der Waals surface area (Å²) in [7, 11) is 3.23. The maximum atomic E-state index is 10.6. The summed E-state index contributed by atoms with van der Waals surface area (Å²) in [6.07, 6.45) is 1.42. The lowest BCUT2D eigenvalue weighted by Gasteiger charge is -2.33. The van der Waals surface area contributed by atoms with Crippen LogP contribution in [0.4, 0.5) is 0 Å². The highest BCUT2D eigenvalue weighted by atomic mass is 35.5. The van der Waals surface area contributed by atoms with Crippen LogP contribution in [0.15, 0.2) is 18.2 Å². The van der Waals surface area contributed by atoms with Crippen molar-refractivity contribution in [3.8, 4) is 11.5 Å².